The third-order valence-electron chi connectivity index (χ3n) is 4.11. The van der Waals surface area contributed by atoms with Crippen molar-refractivity contribution in [3.05, 3.63) is 78.6 Å². The topological polar surface area (TPSA) is 83.6 Å². The van der Waals surface area contributed by atoms with E-state index >= 15 is 0 Å². The lowest BCUT2D eigenvalue weighted by atomic mass is 10.1. The van der Waals surface area contributed by atoms with Crippen LogP contribution in [-0.2, 0) is 0 Å². The number of para-hydroxylation sites is 2. The maximum atomic E-state index is 12.2. The first-order chi connectivity index (χ1) is 13.8. The van der Waals surface area contributed by atoms with Gasteiger partial charge in [-0.15, -0.1) is 0 Å². The maximum absolute atomic E-state index is 12.2. The molecule has 28 heavy (non-hydrogen) atoms. The van der Waals surface area contributed by atoms with E-state index in [-0.39, 0.29) is 5.91 Å². The zero-order valence-corrected chi connectivity index (χ0v) is 15.0. The number of hydrogen-bond acceptors (Lipinski definition) is 4. The fraction of sp³-hybridized carbons (Fsp3) is 0.0909. The average Bonchev–Trinajstić information content (AvgIpc) is 3.19. The smallest absolute Gasteiger partial charge is 0.287 e. The zero-order chi connectivity index (χ0) is 19.2. The third kappa shape index (κ3) is 4.05. The molecule has 1 amide bonds. The summed E-state index contributed by atoms with van der Waals surface area (Å²) in [5.41, 5.74) is 4.40. The molecule has 0 fully saturated rings. The number of nitrogens with one attached hydrogen (secondary N) is 2. The van der Waals surface area contributed by atoms with Crippen molar-refractivity contribution < 1.29 is 4.79 Å². The number of carbonyl (C=O) groups excluding carboxylic acids is 1. The number of aromatic amines is 1. The van der Waals surface area contributed by atoms with Crippen LogP contribution in [0.1, 0.15) is 22.6 Å². The van der Waals surface area contributed by atoms with Gasteiger partial charge in [0.15, 0.2) is 5.82 Å². The second-order valence-electron chi connectivity index (χ2n) is 6.11. The van der Waals surface area contributed by atoms with E-state index in [1.165, 1.54) is 0 Å². The largest absolute Gasteiger partial charge is 0.348 e. The molecule has 0 saturated carbocycles. The summed E-state index contributed by atoms with van der Waals surface area (Å²) >= 11 is 0. The van der Waals surface area contributed by atoms with Crippen molar-refractivity contribution in [3.63, 3.8) is 0 Å². The Labute approximate surface area is 162 Å². The van der Waals surface area contributed by atoms with Crippen molar-refractivity contribution in [2.24, 2.45) is 0 Å². The molecule has 4 rings (SSSR count). The first-order valence-corrected chi connectivity index (χ1v) is 8.87. The summed E-state index contributed by atoms with van der Waals surface area (Å²) in [6.45, 7) is 0.443. The number of fused-ring (bicyclic) bond motifs is 1. The van der Waals surface area contributed by atoms with Gasteiger partial charge in [0.05, 0.1) is 11.0 Å². The van der Waals surface area contributed by atoms with E-state index in [9.17, 15) is 4.79 Å². The second-order valence-corrected chi connectivity index (χ2v) is 6.11. The lowest BCUT2D eigenvalue weighted by Crippen LogP contribution is -2.25. The predicted molar refractivity (Wildman–Crippen MR) is 107 cm³/mol. The normalized spacial score (nSPS) is 10.3. The van der Waals surface area contributed by atoms with Gasteiger partial charge in [0.25, 0.3) is 5.91 Å². The van der Waals surface area contributed by atoms with Gasteiger partial charge >= 0.3 is 0 Å². The molecule has 0 unspecified atom stereocenters. The molecule has 3 heterocycles. The van der Waals surface area contributed by atoms with Gasteiger partial charge in [-0.1, -0.05) is 30.0 Å². The van der Waals surface area contributed by atoms with E-state index in [0.29, 0.717) is 18.8 Å². The van der Waals surface area contributed by atoms with E-state index in [0.717, 1.165) is 27.7 Å². The molecule has 4 aromatic rings. The van der Waals surface area contributed by atoms with Crippen molar-refractivity contribution in [2.45, 2.75) is 6.42 Å². The summed E-state index contributed by atoms with van der Waals surface area (Å²) < 4.78 is 0. The molecule has 136 valence electrons. The molecule has 0 aliphatic carbocycles. The van der Waals surface area contributed by atoms with Gasteiger partial charge in [0.1, 0.15) is 0 Å². The third-order valence-corrected chi connectivity index (χ3v) is 4.11. The fourth-order valence-electron chi connectivity index (χ4n) is 2.75. The summed E-state index contributed by atoms with van der Waals surface area (Å²) in [5, 5.41) is 2.82. The molecular weight excluding hydrogens is 350 g/mol. The van der Waals surface area contributed by atoms with Crippen molar-refractivity contribution >= 4 is 16.9 Å². The van der Waals surface area contributed by atoms with E-state index in [1.807, 2.05) is 42.5 Å². The first kappa shape index (κ1) is 17.4. The number of pyridine rings is 2. The fourth-order valence-corrected chi connectivity index (χ4v) is 2.75. The molecule has 6 heteroatoms. The summed E-state index contributed by atoms with van der Waals surface area (Å²) in [7, 11) is 0. The van der Waals surface area contributed by atoms with Gasteiger partial charge in [0, 0.05) is 54.4 Å². The van der Waals surface area contributed by atoms with Gasteiger partial charge in [-0.2, -0.15) is 0 Å². The maximum Gasteiger partial charge on any atom is 0.287 e. The zero-order valence-electron chi connectivity index (χ0n) is 15.0. The van der Waals surface area contributed by atoms with Crippen molar-refractivity contribution in [1.82, 2.24) is 25.3 Å². The van der Waals surface area contributed by atoms with Crippen LogP contribution in [0.4, 0.5) is 0 Å². The number of H-pyrrole nitrogens is 1. The summed E-state index contributed by atoms with van der Waals surface area (Å²) in [6.07, 6.45) is 7.57. The van der Waals surface area contributed by atoms with Crippen LogP contribution in [0.15, 0.2) is 67.3 Å². The average molecular weight is 367 g/mol. The summed E-state index contributed by atoms with van der Waals surface area (Å²) in [4.78, 5) is 27.8. The number of amides is 1. The quantitative estimate of drug-likeness (QED) is 0.429. The highest BCUT2D eigenvalue weighted by Gasteiger charge is 2.09. The highest BCUT2D eigenvalue weighted by molar-refractivity contribution is 5.94. The summed E-state index contributed by atoms with van der Waals surface area (Å²) in [6, 6.07) is 13.4. The molecule has 3 aromatic heterocycles. The highest BCUT2D eigenvalue weighted by Crippen LogP contribution is 2.17. The number of imidazole rings is 1. The van der Waals surface area contributed by atoms with Gasteiger partial charge in [-0.25, -0.2) is 4.98 Å². The molecular formula is C22H17N5O. The van der Waals surface area contributed by atoms with Crippen LogP contribution in [-0.4, -0.2) is 32.4 Å². The summed E-state index contributed by atoms with van der Waals surface area (Å²) in [5.74, 6) is 6.22. The lowest BCUT2D eigenvalue weighted by Gasteiger charge is -2.00. The van der Waals surface area contributed by atoms with Crippen LogP contribution < -0.4 is 5.32 Å². The van der Waals surface area contributed by atoms with Gasteiger partial charge in [-0.3, -0.25) is 14.8 Å². The van der Waals surface area contributed by atoms with Gasteiger partial charge < -0.3 is 10.3 Å². The van der Waals surface area contributed by atoms with Crippen LogP contribution in [0.25, 0.3) is 22.2 Å². The lowest BCUT2D eigenvalue weighted by molar-refractivity contribution is 0.0945. The van der Waals surface area contributed by atoms with Crippen molar-refractivity contribution in [1.29, 1.82) is 0 Å². The minimum atomic E-state index is -0.238. The van der Waals surface area contributed by atoms with Crippen molar-refractivity contribution in [3.8, 4) is 23.0 Å². The minimum Gasteiger partial charge on any atom is -0.348 e. The Balaban J connectivity index is 1.33. The monoisotopic (exact) mass is 367 g/mol. The molecule has 0 aliphatic rings. The Kier molecular flexibility index (Phi) is 5.07. The van der Waals surface area contributed by atoms with E-state index in [2.05, 4.69) is 37.1 Å². The Morgan fingerprint density at radius 3 is 2.79 bits per heavy atom. The van der Waals surface area contributed by atoms with Crippen LogP contribution in [0.3, 0.4) is 0 Å². The van der Waals surface area contributed by atoms with Crippen LogP contribution in [0, 0.1) is 11.8 Å². The first-order valence-electron chi connectivity index (χ1n) is 8.87. The SMILES string of the molecule is O=C(NCCC#Cc1cncc(-c2cccnc2)c1)c1nc2ccccc2[nH]1. The number of aromatic nitrogens is 4. The molecule has 0 saturated heterocycles. The van der Waals surface area contributed by atoms with E-state index in [1.54, 1.807) is 24.8 Å². The number of nitrogens with zero attached hydrogens (tertiary/aromatic N) is 3. The van der Waals surface area contributed by atoms with Crippen LogP contribution in [0.5, 0.6) is 0 Å². The number of benzene rings is 1. The van der Waals surface area contributed by atoms with Crippen molar-refractivity contribution in [2.75, 3.05) is 6.54 Å². The highest BCUT2D eigenvalue weighted by atomic mass is 16.2. The standard InChI is InChI=1S/C22H17N5O/c28-22(21-26-19-8-1-2-9-20(19)27-21)25-11-4-3-6-16-12-18(15-24-13-16)17-7-5-10-23-14-17/h1-2,5,7-10,12-15H,4,11H2,(H,25,28)(H,26,27). The Bertz CT molecular complexity index is 1140. The van der Waals surface area contributed by atoms with Gasteiger partial charge in [0.2, 0.25) is 0 Å². The van der Waals surface area contributed by atoms with E-state index < -0.39 is 0 Å². The molecule has 2 N–H and O–H groups in total. The molecule has 0 atom stereocenters. The molecule has 0 aliphatic heterocycles. The Hall–Kier alpha value is -3.98. The predicted octanol–water partition coefficient (Wildman–Crippen LogP) is 3.19. The Morgan fingerprint density at radius 1 is 1.04 bits per heavy atom. The molecule has 6 nitrogen and oxygen atoms in total. The second kappa shape index (κ2) is 8.14. The Morgan fingerprint density at radius 2 is 1.93 bits per heavy atom. The number of carbonyl (C=O) groups is 1. The molecule has 1 aromatic carbocycles. The number of rotatable bonds is 4. The van der Waals surface area contributed by atoms with Gasteiger partial charge in [-0.05, 0) is 24.3 Å². The molecule has 0 radical (unpaired) electrons. The van der Waals surface area contributed by atoms with Crippen LogP contribution >= 0.6 is 0 Å². The minimum absolute atomic E-state index is 0.238. The number of hydrogen-bond donors (Lipinski definition) is 2. The van der Waals surface area contributed by atoms with E-state index in [4.69, 9.17) is 0 Å². The molecule has 0 bridgehead atoms. The van der Waals surface area contributed by atoms with Crippen LogP contribution in [0.2, 0.25) is 0 Å². The molecule has 0 spiro atoms.